The van der Waals surface area contributed by atoms with Crippen LogP contribution in [0.1, 0.15) is 27.2 Å². The molecule has 0 aromatic rings. The molecule has 4 nitrogen and oxygen atoms in total. The van der Waals surface area contributed by atoms with E-state index in [9.17, 15) is 8.42 Å². The Morgan fingerprint density at radius 1 is 1.35 bits per heavy atom. The van der Waals surface area contributed by atoms with Crippen molar-refractivity contribution in [1.82, 2.24) is 9.62 Å². The van der Waals surface area contributed by atoms with E-state index < -0.39 is 10.0 Å². The molecule has 104 valence electrons. The summed E-state index contributed by atoms with van der Waals surface area (Å²) < 4.78 is 24.6. The molecule has 17 heavy (non-hydrogen) atoms. The lowest BCUT2D eigenvalue weighted by molar-refractivity contribution is 0.471. The molecule has 0 aliphatic rings. The van der Waals surface area contributed by atoms with Crippen molar-refractivity contribution in [3.8, 4) is 0 Å². The van der Waals surface area contributed by atoms with Crippen LogP contribution in [0.4, 0.5) is 0 Å². The van der Waals surface area contributed by atoms with Crippen LogP contribution in [0.5, 0.6) is 0 Å². The molecular weight excluding hydrogens is 256 g/mol. The van der Waals surface area contributed by atoms with E-state index in [0.717, 1.165) is 6.42 Å². The fourth-order valence-corrected chi connectivity index (χ4v) is 2.67. The molecule has 1 atom stereocenters. The van der Waals surface area contributed by atoms with Crippen LogP contribution in [-0.4, -0.2) is 56.2 Å². The van der Waals surface area contributed by atoms with Gasteiger partial charge in [-0.2, -0.15) is 11.8 Å². The smallest absolute Gasteiger partial charge is 0.214 e. The molecule has 6 heteroatoms. The SMILES string of the molecule is CSC(C)(C)C[C@@H](C)NCCS(=O)(=O)N(C)C. The Morgan fingerprint density at radius 3 is 2.29 bits per heavy atom. The Balaban J connectivity index is 3.99. The first kappa shape index (κ1) is 17.2. The molecule has 0 unspecified atom stereocenters. The summed E-state index contributed by atoms with van der Waals surface area (Å²) in [5.74, 6) is 0.157. The molecule has 1 N–H and O–H groups in total. The minimum atomic E-state index is -3.08. The summed E-state index contributed by atoms with van der Waals surface area (Å²) in [6.07, 6.45) is 3.12. The van der Waals surface area contributed by atoms with Crippen LogP contribution in [0, 0.1) is 0 Å². The Kier molecular flexibility index (Phi) is 7.06. The van der Waals surface area contributed by atoms with E-state index >= 15 is 0 Å². The molecule has 0 radical (unpaired) electrons. The molecule has 0 aliphatic carbocycles. The first-order valence-corrected chi connectivity index (χ1v) is 8.63. The van der Waals surface area contributed by atoms with Crippen LogP contribution in [0.25, 0.3) is 0 Å². The van der Waals surface area contributed by atoms with Gasteiger partial charge in [-0.1, -0.05) is 13.8 Å². The zero-order chi connectivity index (χ0) is 13.7. The van der Waals surface area contributed by atoms with Gasteiger partial charge >= 0.3 is 0 Å². The number of thioether (sulfide) groups is 1. The minimum absolute atomic E-state index is 0.157. The lowest BCUT2D eigenvalue weighted by atomic mass is 10.0. The predicted molar refractivity (Wildman–Crippen MR) is 77.1 cm³/mol. The fourth-order valence-electron chi connectivity index (χ4n) is 1.51. The van der Waals surface area contributed by atoms with E-state index in [4.69, 9.17) is 0 Å². The Hall–Kier alpha value is 0.220. The Morgan fingerprint density at radius 2 is 1.88 bits per heavy atom. The highest BCUT2D eigenvalue weighted by Gasteiger charge is 2.20. The second kappa shape index (κ2) is 6.97. The van der Waals surface area contributed by atoms with Crippen molar-refractivity contribution in [3.63, 3.8) is 0 Å². The Labute approximate surface area is 111 Å². The third-order valence-electron chi connectivity index (χ3n) is 2.76. The van der Waals surface area contributed by atoms with Gasteiger partial charge in [0.2, 0.25) is 10.0 Å². The summed E-state index contributed by atoms with van der Waals surface area (Å²) in [7, 11) is 0.0527. The van der Waals surface area contributed by atoms with Gasteiger partial charge in [0.1, 0.15) is 0 Å². The standard InChI is InChI=1S/C11H26N2O2S2/c1-10(9-11(2,3)16-6)12-7-8-17(14,15)13(4)5/h10,12H,7-9H2,1-6H3/t10-/m1/s1. The quantitative estimate of drug-likeness (QED) is 0.731. The lowest BCUT2D eigenvalue weighted by Gasteiger charge is -2.26. The molecule has 0 aromatic carbocycles. The highest BCUT2D eigenvalue weighted by molar-refractivity contribution is 7.99. The van der Waals surface area contributed by atoms with Gasteiger partial charge in [0.15, 0.2) is 0 Å². The van der Waals surface area contributed by atoms with E-state index in [1.807, 2.05) is 11.8 Å². The maximum Gasteiger partial charge on any atom is 0.214 e. The molecule has 0 fully saturated rings. The monoisotopic (exact) mass is 282 g/mol. The third kappa shape index (κ3) is 7.28. The van der Waals surface area contributed by atoms with E-state index in [0.29, 0.717) is 12.6 Å². The van der Waals surface area contributed by atoms with Crippen LogP contribution >= 0.6 is 11.8 Å². The van der Waals surface area contributed by atoms with E-state index in [1.165, 1.54) is 4.31 Å². The molecular formula is C11H26N2O2S2. The summed E-state index contributed by atoms with van der Waals surface area (Å²) in [6.45, 7) is 7.01. The average Bonchev–Trinajstić information content (AvgIpc) is 2.16. The maximum absolute atomic E-state index is 11.5. The highest BCUT2D eigenvalue weighted by Crippen LogP contribution is 2.26. The van der Waals surface area contributed by atoms with E-state index in [-0.39, 0.29) is 10.5 Å². The van der Waals surface area contributed by atoms with Crippen LogP contribution in [-0.2, 0) is 10.0 Å². The molecule has 0 aromatic heterocycles. The van der Waals surface area contributed by atoms with Gasteiger partial charge in [0, 0.05) is 31.4 Å². The average molecular weight is 282 g/mol. The van der Waals surface area contributed by atoms with Crippen molar-refractivity contribution in [2.24, 2.45) is 0 Å². The molecule has 0 heterocycles. The van der Waals surface area contributed by atoms with Gasteiger partial charge in [-0.25, -0.2) is 12.7 Å². The van der Waals surface area contributed by atoms with Crippen molar-refractivity contribution in [3.05, 3.63) is 0 Å². The van der Waals surface area contributed by atoms with Crippen molar-refractivity contribution < 1.29 is 8.42 Å². The molecule has 0 rings (SSSR count). The number of hydrogen-bond donors (Lipinski definition) is 1. The summed E-state index contributed by atoms with van der Waals surface area (Å²) in [5.41, 5.74) is 0. The van der Waals surface area contributed by atoms with Crippen molar-refractivity contribution in [2.75, 3.05) is 32.6 Å². The molecule has 0 bridgehead atoms. The van der Waals surface area contributed by atoms with Crippen molar-refractivity contribution in [1.29, 1.82) is 0 Å². The van der Waals surface area contributed by atoms with Gasteiger partial charge in [-0.15, -0.1) is 0 Å². The van der Waals surface area contributed by atoms with Crippen LogP contribution in [0.15, 0.2) is 0 Å². The second-order valence-electron chi connectivity index (χ2n) is 5.12. The van der Waals surface area contributed by atoms with Crippen LogP contribution in [0.3, 0.4) is 0 Å². The molecule has 0 aliphatic heterocycles. The molecule has 0 spiro atoms. The summed E-state index contributed by atoms with van der Waals surface area (Å²) in [6, 6.07) is 0.329. The summed E-state index contributed by atoms with van der Waals surface area (Å²) in [4.78, 5) is 0. The van der Waals surface area contributed by atoms with Crippen LogP contribution < -0.4 is 5.32 Å². The summed E-state index contributed by atoms with van der Waals surface area (Å²) in [5, 5.41) is 3.26. The first-order valence-electron chi connectivity index (χ1n) is 5.79. The van der Waals surface area contributed by atoms with E-state index in [2.05, 4.69) is 32.3 Å². The normalized spacial score (nSPS) is 15.2. The zero-order valence-electron chi connectivity index (χ0n) is 11.8. The first-order chi connectivity index (χ1) is 7.60. The third-order valence-corrected chi connectivity index (χ3v) is 5.86. The van der Waals surface area contributed by atoms with Crippen LogP contribution in [0.2, 0.25) is 0 Å². The second-order valence-corrected chi connectivity index (χ2v) is 8.94. The van der Waals surface area contributed by atoms with E-state index in [1.54, 1.807) is 14.1 Å². The molecule has 0 saturated heterocycles. The van der Waals surface area contributed by atoms with Gasteiger partial charge in [-0.3, -0.25) is 0 Å². The molecule has 0 saturated carbocycles. The number of rotatable bonds is 8. The van der Waals surface area contributed by atoms with Gasteiger partial charge in [0.05, 0.1) is 5.75 Å². The van der Waals surface area contributed by atoms with Gasteiger partial charge in [0.25, 0.3) is 0 Å². The zero-order valence-corrected chi connectivity index (χ0v) is 13.4. The topological polar surface area (TPSA) is 49.4 Å². The van der Waals surface area contributed by atoms with Crippen molar-refractivity contribution in [2.45, 2.75) is 38.0 Å². The highest BCUT2D eigenvalue weighted by atomic mass is 32.2. The largest absolute Gasteiger partial charge is 0.313 e. The number of sulfonamides is 1. The van der Waals surface area contributed by atoms with Gasteiger partial charge < -0.3 is 5.32 Å². The van der Waals surface area contributed by atoms with Crippen molar-refractivity contribution >= 4 is 21.8 Å². The number of nitrogens with one attached hydrogen (secondary N) is 1. The lowest BCUT2D eigenvalue weighted by Crippen LogP contribution is -2.37. The number of hydrogen-bond acceptors (Lipinski definition) is 4. The number of nitrogens with zero attached hydrogens (tertiary/aromatic N) is 1. The predicted octanol–water partition coefficient (Wildman–Crippen LogP) is 1.39. The summed E-state index contributed by atoms with van der Waals surface area (Å²) >= 11 is 1.83. The fraction of sp³-hybridized carbons (Fsp3) is 1.00. The molecule has 0 amide bonds. The van der Waals surface area contributed by atoms with Gasteiger partial charge in [-0.05, 0) is 19.6 Å². The maximum atomic E-state index is 11.5. The minimum Gasteiger partial charge on any atom is -0.313 e. The Bertz CT molecular complexity index is 313.